The Kier molecular flexibility index (Phi) is 2.11. The second-order valence-electron chi connectivity index (χ2n) is 4.04. The molecule has 1 aromatic heterocycles. The largest absolute Gasteiger partial charge is 0.467 e. The molecule has 1 aliphatic rings. The van der Waals surface area contributed by atoms with Gasteiger partial charge in [-0.15, -0.1) is 0 Å². The maximum atomic E-state index is 12.5. The van der Waals surface area contributed by atoms with E-state index in [1.807, 2.05) is 0 Å². The first-order valence-electron chi connectivity index (χ1n) is 7.16. The Morgan fingerprint density at radius 1 is 1.30 bits per heavy atom. The molecule has 0 saturated carbocycles. The van der Waals surface area contributed by atoms with Crippen molar-refractivity contribution >= 4 is 17.3 Å². The van der Waals surface area contributed by atoms with E-state index in [1.165, 1.54) is 0 Å². The van der Waals surface area contributed by atoms with Crippen molar-refractivity contribution < 1.29 is 23.0 Å². The zero-order chi connectivity index (χ0) is 16.6. The fraction of sp³-hybridized carbons (Fsp3) is 0.0714. The van der Waals surface area contributed by atoms with E-state index in [2.05, 4.69) is 15.2 Å². The van der Waals surface area contributed by atoms with Gasteiger partial charge < -0.3 is 14.6 Å². The summed E-state index contributed by atoms with van der Waals surface area (Å²) in [5.74, 6) is -1.81. The van der Waals surface area contributed by atoms with Crippen molar-refractivity contribution in [1.82, 2.24) is 5.16 Å². The molecular formula is C14H10N2O4. The summed E-state index contributed by atoms with van der Waals surface area (Å²) < 4.78 is 30.5. The van der Waals surface area contributed by atoms with Gasteiger partial charge in [0.2, 0.25) is 11.6 Å². The summed E-state index contributed by atoms with van der Waals surface area (Å²) in [7, 11) is -2.83. The topological polar surface area (TPSA) is 81.4 Å². The van der Waals surface area contributed by atoms with Crippen LogP contribution in [0.1, 0.15) is 25.0 Å². The fourth-order valence-corrected chi connectivity index (χ4v) is 1.88. The molecule has 1 aliphatic carbocycles. The number of ketones is 2. The Bertz CT molecular complexity index is 809. The van der Waals surface area contributed by atoms with Crippen molar-refractivity contribution in [2.75, 3.05) is 12.4 Å². The number of ether oxygens (including phenoxy) is 1. The molecule has 6 heteroatoms. The molecule has 1 heterocycles. The highest BCUT2D eigenvalue weighted by atomic mass is 16.6. The van der Waals surface area contributed by atoms with Crippen molar-refractivity contribution in [1.29, 1.82) is 0 Å². The van der Waals surface area contributed by atoms with Crippen LogP contribution in [0.3, 0.4) is 0 Å². The number of para-hydroxylation sites is 1. The third kappa shape index (κ3) is 1.87. The van der Waals surface area contributed by atoms with Crippen LogP contribution in [0, 0.1) is 0 Å². The molecule has 100 valence electrons. The van der Waals surface area contributed by atoms with Crippen LogP contribution in [-0.2, 0) is 0 Å². The molecule has 0 radical (unpaired) electrons. The highest BCUT2D eigenvalue weighted by Crippen LogP contribution is 2.29. The summed E-state index contributed by atoms with van der Waals surface area (Å²) in [6, 6.07) is 8.73. The van der Waals surface area contributed by atoms with Crippen LogP contribution in [0.5, 0.6) is 5.95 Å². The number of fused-ring (bicyclic) bond motifs is 1. The van der Waals surface area contributed by atoms with Crippen LogP contribution >= 0.6 is 0 Å². The Labute approximate surface area is 118 Å². The van der Waals surface area contributed by atoms with Gasteiger partial charge in [0, 0.05) is 11.8 Å². The third-order valence-electron chi connectivity index (χ3n) is 2.79. The normalized spacial score (nSPS) is 16.6. The number of methoxy groups -OCH3 is 1. The minimum atomic E-state index is -2.83. The maximum Gasteiger partial charge on any atom is 0.323 e. The molecule has 0 spiro atoms. The highest BCUT2D eigenvalue weighted by molar-refractivity contribution is 6.25. The molecule has 1 N–H and O–H groups in total. The molecule has 0 unspecified atom stereocenters. The quantitative estimate of drug-likeness (QED) is 0.921. The van der Waals surface area contributed by atoms with E-state index >= 15 is 0 Å². The number of hydrogen-bond acceptors (Lipinski definition) is 6. The van der Waals surface area contributed by atoms with E-state index in [4.69, 9.17) is 8.64 Å². The Hall–Kier alpha value is -2.89. The lowest BCUT2D eigenvalue weighted by Crippen LogP contribution is -2.21. The van der Waals surface area contributed by atoms with Gasteiger partial charge in [0.05, 0.1) is 16.8 Å². The zero-order valence-corrected chi connectivity index (χ0v) is 10.0. The summed E-state index contributed by atoms with van der Waals surface area (Å²) in [6.45, 7) is 0. The van der Waals surface area contributed by atoms with Crippen molar-refractivity contribution in [2.45, 2.75) is 0 Å². The van der Waals surface area contributed by atoms with Gasteiger partial charge >= 0.3 is 5.95 Å². The average Bonchev–Trinajstić information content (AvgIpc) is 2.88. The average molecular weight is 273 g/mol. The van der Waals surface area contributed by atoms with Gasteiger partial charge in [-0.05, 0) is 12.1 Å². The van der Waals surface area contributed by atoms with E-state index in [9.17, 15) is 9.59 Å². The zero-order valence-electron chi connectivity index (χ0n) is 13.0. The van der Waals surface area contributed by atoms with Gasteiger partial charge in [-0.1, -0.05) is 23.4 Å². The number of benzene rings is 1. The molecule has 0 amide bonds. The number of nitrogens with one attached hydrogen (secondary N) is 1. The van der Waals surface area contributed by atoms with Crippen LogP contribution < -0.4 is 10.1 Å². The minimum absolute atomic E-state index is 0.0210. The number of hydrogen-bond donors (Lipinski definition) is 1. The highest BCUT2D eigenvalue weighted by Gasteiger charge is 2.34. The van der Waals surface area contributed by atoms with Crippen LogP contribution in [0.15, 0.2) is 46.6 Å². The second kappa shape index (κ2) is 4.65. The Morgan fingerprint density at radius 3 is 2.85 bits per heavy atom. The Morgan fingerprint density at radius 2 is 2.10 bits per heavy atom. The number of carbonyl (C=O) groups is 2. The number of rotatable bonds is 3. The molecule has 0 saturated heterocycles. The van der Waals surface area contributed by atoms with E-state index < -0.39 is 24.6 Å². The van der Waals surface area contributed by atoms with Crippen LogP contribution in [0.25, 0.3) is 0 Å². The minimum Gasteiger partial charge on any atom is -0.467 e. The van der Waals surface area contributed by atoms with Gasteiger partial charge in [-0.3, -0.25) is 9.59 Å². The molecule has 0 bridgehead atoms. The standard InChI is InChI=1S/C14H10N2O4/c1-19-14-11-12(16-20-14)10(17)7-9(13(11)18)15-8-5-3-2-4-6-8/h2-7,15H,1H3/i1D3. The van der Waals surface area contributed by atoms with Crippen molar-refractivity contribution in [3.05, 3.63) is 53.4 Å². The molecule has 3 rings (SSSR count). The predicted molar refractivity (Wildman–Crippen MR) is 69.9 cm³/mol. The second-order valence-corrected chi connectivity index (χ2v) is 4.04. The number of aromatic nitrogens is 1. The first-order chi connectivity index (χ1) is 10.8. The molecule has 0 fully saturated rings. The number of Topliss-reactive ketones (excluding diaryl/α,β-unsaturated/α-hetero) is 1. The van der Waals surface area contributed by atoms with Crippen molar-refractivity contribution in [3.63, 3.8) is 0 Å². The number of allylic oxidation sites excluding steroid dienone is 2. The first-order valence-corrected chi connectivity index (χ1v) is 5.66. The summed E-state index contributed by atoms with van der Waals surface area (Å²) in [4.78, 5) is 24.5. The lowest BCUT2D eigenvalue weighted by Gasteiger charge is -2.13. The van der Waals surface area contributed by atoms with Gasteiger partial charge in [0.1, 0.15) is 5.56 Å². The molecule has 6 nitrogen and oxygen atoms in total. The van der Waals surface area contributed by atoms with Crippen molar-refractivity contribution in [3.8, 4) is 5.95 Å². The predicted octanol–water partition coefficient (Wildman–Crippen LogP) is 2.06. The molecule has 0 aliphatic heterocycles. The van der Waals surface area contributed by atoms with E-state index in [1.54, 1.807) is 30.3 Å². The lowest BCUT2D eigenvalue weighted by molar-refractivity contribution is 0.0981. The molecule has 1 aromatic carbocycles. The monoisotopic (exact) mass is 273 g/mol. The number of nitrogens with zero attached hydrogens (tertiary/aromatic N) is 1. The lowest BCUT2D eigenvalue weighted by atomic mass is 9.99. The summed E-state index contributed by atoms with van der Waals surface area (Å²) >= 11 is 0. The van der Waals surface area contributed by atoms with Gasteiger partial charge in [0.25, 0.3) is 0 Å². The van der Waals surface area contributed by atoms with Crippen molar-refractivity contribution in [2.24, 2.45) is 0 Å². The first kappa shape index (κ1) is 9.08. The number of carbonyl (C=O) groups excluding carboxylic acids is 2. The SMILES string of the molecule is [2H]C([2H])([2H])Oc1onc2c1C(=O)C(Nc1ccccc1)=CC2=O. The van der Waals surface area contributed by atoms with Crippen LogP contribution in [-0.4, -0.2) is 23.8 Å². The summed E-state index contributed by atoms with van der Waals surface area (Å²) in [6.07, 6.45) is 1.08. The summed E-state index contributed by atoms with van der Waals surface area (Å²) in [5, 5.41) is 6.23. The third-order valence-corrected chi connectivity index (χ3v) is 2.79. The fourth-order valence-electron chi connectivity index (χ4n) is 1.88. The van der Waals surface area contributed by atoms with Gasteiger partial charge in [-0.25, -0.2) is 0 Å². The molecule has 20 heavy (non-hydrogen) atoms. The Balaban J connectivity index is 1.95. The molecular weight excluding hydrogens is 260 g/mol. The summed E-state index contributed by atoms with van der Waals surface area (Å²) in [5.41, 5.74) is 0.00491. The van der Waals surface area contributed by atoms with Gasteiger partial charge in [0.15, 0.2) is 5.69 Å². The van der Waals surface area contributed by atoms with E-state index in [-0.39, 0.29) is 17.0 Å². The van der Waals surface area contributed by atoms with Crippen LogP contribution in [0.2, 0.25) is 0 Å². The van der Waals surface area contributed by atoms with E-state index in [0.717, 1.165) is 6.08 Å². The molecule has 0 atom stereocenters. The maximum absolute atomic E-state index is 12.5. The van der Waals surface area contributed by atoms with Crippen LogP contribution in [0.4, 0.5) is 5.69 Å². The van der Waals surface area contributed by atoms with Gasteiger partial charge in [-0.2, -0.15) is 0 Å². The molecule has 2 aromatic rings. The smallest absolute Gasteiger partial charge is 0.323 e. The van der Waals surface area contributed by atoms with E-state index in [0.29, 0.717) is 5.69 Å². The number of anilines is 1.